The Kier molecular flexibility index (Phi) is 3.64. The SMILES string of the molecule is CCCC(=O)C(=O)N1CC(F)(F)C(O)C12CCCC2. The van der Waals surface area contributed by atoms with E-state index >= 15 is 0 Å². The molecule has 2 fully saturated rings. The number of rotatable bonds is 3. The molecule has 1 aliphatic carbocycles. The number of halogens is 2. The van der Waals surface area contributed by atoms with Gasteiger partial charge in [0.25, 0.3) is 11.8 Å². The number of hydrogen-bond donors (Lipinski definition) is 1. The van der Waals surface area contributed by atoms with E-state index in [1.54, 1.807) is 6.92 Å². The third-order valence-electron chi connectivity index (χ3n) is 4.25. The fourth-order valence-corrected chi connectivity index (χ4v) is 3.28. The number of hydrogen-bond acceptors (Lipinski definition) is 3. The number of Topliss-reactive ketones (excluding diaryl/α,β-unsaturated/α-hetero) is 1. The van der Waals surface area contributed by atoms with Crippen LogP contribution < -0.4 is 0 Å². The minimum atomic E-state index is -3.33. The molecule has 0 aromatic rings. The molecule has 1 N–H and O–H groups in total. The lowest BCUT2D eigenvalue weighted by molar-refractivity contribution is -0.149. The molecule has 2 aliphatic rings. The third kappa shape index (κ3) is 2.16. The Bertz CT molecular complexity index is 391. The molecule has 19 heavy (non-hydrogen) atoms. The number of ketones is 1. The molecule has 1 heterocycles. The molecule has 1 atom stereocenters. The maximum atomic E-state index is 13.7. The van der Waals surface area contributed by atoms with Crippen LogP contribution in [0.1, 0.15) is 45.4 Å². The zero-order valence-electron chi connectivity index (χ0n) is 11.0. The maximum Gasteiger partial charge on any atom is 0.292 e. The van der Waals surface area contributed by atoms with Crippen LogP contribution in [0.3, 0.4) is 0 Å². The second kappa shape index (κ2) is 4.81. The predicted octanol–water partition coefficient (Wildman–Crippen LogP) is 1.51. The van der Waals surface area contributed by atoms with Crippen molar-refractivity contribution in [3.63, 3.8) is 0 Å². The molecule has 0 aromatic heterocycles. The van der Waals surface area contributed by atoms with Crippen molar-refractivity contribution in [2.75, 3.05) is 6.54 Å². The highest BCUT2D eigenvalue weighted by molar-refractivity contribution is 6.36. The van der Waals surface area contributed by atoms with E-state index in [2.05, 4.69) is 0 Å². The number of aliphatic hydroxyl groups excluding tert-OH is 1. The smallest absolute Gasteiger partial charge is 0.292 e. The van der Waals surface area contributed by atoms with E-state index in [0.29, 0.717) is 32.1 Å². The molecule has 0 aromatic carbocycles. The lowest BCUT2D eigenvalue weighted by Gasteiger charge is -2.36. The van der Waals surface area contributed by atoms with Crippen molar-refractivity contribution in [2.45, 2.75) is 63.0 Å². The Balaban J connectivity index is 2.28. The summed E-state index contributed by atoms with van der Waals surface area (Å²) in [5.74, 6) is -4.83. The number of nitrogens with zero attached hydrogens (tertiary/aromatic N) is 1. The van der Waals surface area contributed by atoms with Gasteiger partial charge in [-0.05, 0) is 19.3 Å². The number of carbonyl (C=O) groups excluding carboxylic acids is 2. The van der Waals surface area contributed by atoms with Crippen LogP contribution in [-0.4, -0.2) is 45.8 Å². The normalized spacial score (nSPS) is 28.0. The number of aliphatic hydroxyl groups is 1. The molecule has 1 amide bonds. The molecule has 1 aliphatic heterocycles. The van der Waals surface area contributed by atoms with Gasteiger partial charge in [0.05, 0.1) is 12.1 Å². The summed E-state index contributed by atoms with van der Waals surface area (Å²) in [5.41, 5.74) is -1.23. The highest BCUT2D eigenvalue weighted by Crippen LogP contribution is 2.49. The Morgan fingerprint density at radius 3 is 2.42 bits per heavy atom. The van der Waals surface area contributed by atoms with Gasteiger partial charge in [-0.15, -0.1) is 0 Å². The number of amides is 1. The van der Waals surface area contributed by atoms with Crippen LogP contribution in [0.4, 0.5) is 8.78 Å². The first-order chi connectivity index (χ1) is 8.85. The van der Waals surface area contributed by atoms with Gasteiger partial charge < -0.3 is 10.0 Å². The summed E-state index contributed by atoms with van der Waals surface area (Å²) >= 11 is 0. The predicted molar refractivity (Wildman–Crippen MR) is 63.8 cm³/mol. The summed E-state index contributed by atoms with van der Waals surface area (Å²) in [5, 5.41) is 9.88. The lowest BCUT2D eigenvalue weighted by atomic mass is 9.89. The first-order valence-electron chi connectivity index (χ1n) is 6.76. The first kappa shape index (κ1) is 14.4. The van der Waals surface area contributed by atoms with Crippen molar-refractivity contribution in [3.8, 4) is 0 Å². The molecule has 1 saturated heterocycles. The summed E-state index contributed by atoms with van der Waals surface area (Å²) in [7, 11) is 0. The highest BCUT2D eigenvalue weighted by Gasteiger charge is 2.65. The van der Waals surface area contributed by atoms with Crippen LogP contribution in [0.5, 0.6) is 0 Å². The summed E-state index contributed by atoms with van der Waals surface area (Å²) in [6.07, 6.45) is 0.778. The van der Waals surface area contributed by atoms with Gasteiger partial charge in [-0.25, -0.2) is 8.78 Å². The molecule has 1 spiro atoms. The van der Waals surface area contributed by atoms with E-state index in [4.69, 9.17) is 0 Å². The van der Waals surface area contributed by atoms with E-state index in [1.807, 2.05) is 0 Å². The van der Waals surface area contributed by atoms with Crippen LogP contribution in [0.2, 0.25) is 0 Å². The lowest BCUT2D eigenvalue weighted by Crippen LogP contribution is -2.53. The van der Waals surface area contributed by atoms with Crippen LogP contribution >= 0.6 is 0 Å². The Hall–Kier alpha value is -1.04. The topological polar surface area (TPSA) is 57.6 Å². The average Bonchev–Trinajstić information content (AvgIpc) is 2.90. The summed E-state index contributed by atoms with van der Waals surface area (Å²) in [4.78, 5) is 24.7. The molecule has 4 nitrogen and oxygen atoms in total. The summed E-state index contributed by atoms with van der Waals surface area (Å²) in [6, 6.07) is 0. The van der Waals surface area contributed by atoms with E-state index in [1.165, 1.54) is 0 Å². The van der Waals surface area contributed by atoms with E-state index < -0.39 is 35.8 Å². The Labute approximate surface area is 110 Å². The Morgan fingerprint density at radius 1 is 1.32 bits per heavy atom. The number of alkyl halides is 2. The van der Waals surface area contributed by atoms with Gasteiger partial charge in [-0.3, -0.25) is 9.59 Å². The number of likely N-dealkylation sites (tertiary alicyclic amines) is 1. The van der Waals surface area contributed by atoms with Gasteiger partial charge in [-0.1, -0.05) is 19.8 Å². The molecule has 0 radical (unpaired) electrons. The summed E-state index contributed by atoms with van der Waals surface area (Å²) < 4.78 is 27.5. The zero-order chi connectivity index (χ0) is 14.3. The van der Waals surface area contributed by atoms with Crippen molar-refractivity contribution in [1.29, 1.82) is 0 Å². The van der Waals surface area contributed by atoms with E-state index in [0.717, 1.165) is 4.90 Å². The average molecular weight is 275 g/mol. The second-order valence-corrected chi connectivity index (χ2v) is 5.54. The van der Waals surface area contributed by atoms with E-state index in [9.17, 15) is 23.5 Å². The van der Waals surface area contributed by atoms with Gasteiger partial charge in [0, 0.05) is 6.42 Å². The van der Waals surface area contributed by atoms with Crippen molar-refractivity contribution < 1.29 is 23.5 Å². The molecule has 1 saturated carbocycles. The zero-order valence-corrected chi connectivity index (χ0v) is 11.0. The van der Waals surface area contributed by atoms with Gasteiger partial charge in [-0.2, -0.15) is 0 Å². The molecular weight excluding hydrogens is 256 g/mol. The van der Waals surface area contributed by atoms with Crippen molar-refractivity contribution in [2.24, 2.45) is 0 Å². The van der Waals surface area contributed by atoms with Crippen LogP contribution in [0, 0.1) is 0 Å². The number of carbonyl (C=O) groups is 2. The molecule has 1 unspecified atom stereocenters. The minimum absolute atomic E-state index is 0.0626. The van der Waals surface area contributed by atoms with Crippen molar-refractivity contribution >= 4 is 11.7 Å². The largest absolute Gasteiger partial charge is 0.384 e. The quantitative estimate of drug-likeness (QED) is 0.794. The van der Waals surface area contributed by atoms with Gasteiger partial charge in [0.2, 0.25) is 5.78 Å². The second-order valence-electron chi connectivity index (χ2n) is 5.54. The maximum absolute atomic E-state index is 13.7. The summed E-state index contributed by atoms with van der Waals surface area (Å²) in [6.45, 7) is 0.909. The van der Waals surface area contributed by atoms with Crippen molar-refractivity contribution in [3.05, 3.63) is 0 Å². The monoisotopic (exact) mass is 275 g/mol. The third-order valence-corrected chi connectivity index (χ3v) is 4.25. The standard InChI is InChI=1S/C13H19F2NO3/c1-2-5-9(17)10(18)16-8-13(14,15)11(19)12(16)6-3-4-7-12/h11,19H,2-8H2,1H3. The minimum Gasteiger partial charge on any atom is -0.384 e. The molecule has 108 valence electrons. The molecule has 0 bridgehead atoms. The van der Waals surface area contributed by atoms with Crippen LogP contribution in [-0.2, 0) is 9.59 Å². The fourth-order valence-electron chi connectivity index (χ4n) is 3.28. The molecule has 6 heteroatoms. The first-order valence-corrected chi connectivity index (χ1v) is 6.76. The van der Waals surface area contributed by atoms with Gasteiger partial charge in [0.1, 0.15) is 6.10 Å². The van der Waals surface area contributed by atoms with Crippen molar-refractivity contribution in [1.82, 2.24) is 4.90 Å². The fraction of sp³-hybridized carbons (Fsp3) is 0.846. The van der Waals surface area contributed by atoms with E-state index in [-0.39, 0.29) is 6.42 Å². The van der Waals surface area contributed by atoms with Crippen LogP contribution in [0.25, 0.3) is 0 Å². The van der Waals surface area contributed by atoms with Crippen LogP contribution in [0.15, 0.2) is 0 Å². The highest BCUT2D eigenvalue weighted by atomic mass is 19.3. The Morgan fingerprint density at radius 2 is 1.89 bits per heavy atom. The van der Waals surface area contributed by atoms with Gasteiger partial charge in [0.15, 0.2) is 0 Å². The molecular formula is C13H19F2NO3. The van der Waals surface area contributed by atoms with Gasteiger partial charge >= 0.3 is 0 Å². The molecule has 2 rings (SSSR count).